The highest BCUT2D eigenvalue weighted by molar-refractivity contribution is 9.10. The van der Waals surface area contributed by atoms with Crippen LogP contribution in [0.4, 0.5) is 5.95 Å². The first kappa shape index (κ1) is 37.0. The van der Waals surface area contributed by atoms with Crippen LogP contribution in [0.25, 0.3) is 16.9 Å². The Labute approximate surface area is 321 Å². The number of methoxy groups -OCH3 is 2. The summed E-state index contributed by atoms with van der Waals surface area (Å²) in [6, 6.07) is 42.5. The highest BCUT2D eigenvalue weighted by Gasteiger charge is 2.23. The Kier molecular flexibility index (Phi) is 12.1. The van der Waals surface area contributed by atoms with Crippen molar-refractivity contribution in [1.29, 1.82) is 10.5 Å². The van der Waals surface area contributed by atoms with Crippen LogP contribution in [-0.4, -0.2) is 38.8 Å². The van der Waals surface area contributed by atoms with Crippen LogP contribution in [0.1, 0.15) is 33.6 Å². The van der Waals surface area contributed by atoms with Gasteiger partial charge in [0.2, 0.25) is 5.95 Å². The molecule has 0 unspecified atom stereocenters. The van der Waals surface area contributed by atoms with E-state index < -0.39 is 0 Å². The molecule has 0 atom stereocenters. The molecule has 0 saturated carbocycles. The van der Waals surface area contributed by atoms with Crippen molar-refractivity contribution in [2.24, 2.45) is 0 Å². The first-order valence-corrected chi connectivity index (χ1v) is 17.6. The van der Waals surface area contributed by atoms with Crippen LogP contribution in [0.5, 0.6) is 17.5 Å². The quantitative estimate of drug-likeness (QED) is 0.126. The summed E-state index contributed by atoms with van der Waals surface area (Å²) in [7, 11) is 3.30. The third-order valence-electron chi connectivity index (χ3n) is 8.20. The Balaban J connectivity index is 0.000000552. The molecule has 7 aromatic rings. The number of aryl methyl sites for hydroxylation is 1. The Morgan fingerprint density at radius 1 is 0.704 bits per heavy atom. The monoisotopic (exact) mass is 778 g/mol. The van der Waals surface area contributed by atoms with Crippen molar-refractivity contribution in [1.82, 2.24) is 24.6 Å². The molecule has 0 aliphatic rings. The molecule has 0 amide bonds. The number of hydrogen-bond acceptors (Lipinski definition) is 10. The van der Waals surface area contributed by atoms with Gasteiger partial charge >= 0.3 is 6.01 Å². The van der Waals surface area contributed by atoms with Gasteiger partial charge in [-0.1, -0.05) is 60.7 Å². The van der Waals surface area contributed by atoms with Gasteiger partial charge < -0.3 is 19.1 Å². The normalized spacial score (nSPS) is 10.4. The summed E-state index contributed by atoms with van der Waals surface area (Å²) in [5, 5.41) is 22.7. The number of anilines is 1. The zero-order chi connectivity index (χ0) is 37.9. The average Bonchev–Trinajstić information content (AvgIpc) is 3.66. The van der Waals surface area contributed by atoms with Crippen LogP contribution in [0, 0.1) is 29.6 Å². The van der Waals surface area contributed by atoms with Gasteiger partial charge in [-0.25, -0.2) is 4.98 Å². The molecule has 0 radical (unpaired) electrons. The highest BCUT2D eigenvalue weighted by atomic mass is 79.9. The smallest absolute Gasteiger partial charge is 0.336 e. The van der Waals surface area contributed by atoms with E-state index in [1.54, 1.807) is 36.9 Å². The molecule has 12 heteroatoms. The second-order valence-corrected chi connectivity index (χ2v) is 12.8. The lowest BCUT2D eigenvalue weighted by atomic mass is 10.1. The van der Waals surface area contributed by atoms with Gasteiger partial charge in [-0.3, -0.25) is 4.98 Å². The van der Waals surface area contributed by atoms with Crippen LogP contribution in [0.2, 0.25) is 0 Å². The molecule has 0 saturated heterocycles. The molecule has 3 aromatic heterocycles. The van der Waals surface area contributed by atoms with Crippen molar-refractivity contribution in [3.63, 3.8) is 0 Å². The van der Waals surface area contributed by atoms with Crippen molar-refractivity contribution in [3.8, 4) is 40.9 Å². The molecule has 0 aliphatic heterocycles. The van der Waals surface area contributed by atoms with E-state index in [-0.39, 0.29) is 12.6 Å². The molecule has 268 valence electrons. The maximum Gasteiger partial charge on any atom is 0.336 e. The van der Waals surface area contributed by atoms with E-state index in [1.807, 2.05) is 116 Å². The molecule has 4 aromatic carbocycles. The predicted molar refractivity (Wildman–Crippen MR) is 209 cm³/mol. The van der Waals surface area contributed by atoms with Crippen LogP contribution in [0.3, 0.4) is 0 Å². The number of halogens is 1. The summed E-state index contributed by atoms with van der Waals surface area (Å²) in [5.41, 5.74) is 6.89. The minimum absolute atomic E-state index is 0.184. The fourth-order valence-electron chi connectivity index (χ4n) is 5.50. The number of nitrogens with zero attached hydrogens (tertiary/aromatic N) is 8. The van der Waals surface area contributed by atoms with E-state index in [0.717, 1.165) is 39.6 Å². The molecule has 0 bridgehead atoms. The molecule has 7 rings (SSSR count). The van der Waals surface area contributed by atoms with E-state index in [9.17, 15) is 5.26 Å². The Bertz CT molecular complexity index is 2370. The zero-order valence-corrected chi connectivity index (χ0v) is 31.4. The Morgan fingerprint density at radius 3 is 1.89 bits per heavy atom. The molecule has 0 aliphatic carbocycles. The van der Waals surface area contributed by atoms with Gasteiger partial charge in [0.25, 0.3) is 0 Å². The second-order valence-electron chi connectivity index (χ2n) is 12.0. The Morgan fingerprint density at radius 2 is 1.31 bits per heavy atom. The number of pyridine rings is 1. The maximum atomic E-state index is 9.61. The van der Waals surface area contributed by atoms with Crippen LogP contribution in [-0.2, 0) is 19.7 Å². The summed E-state index contributed by atoms with van der Waals surface area (Å²) in [4.78, 5) is 16.6. The van der Waals surface area contributed by atoms with Gasteiger partial charge in [0, 0.05) is 24.3 Å². The van der Waals surface area contributed by atoms with E-state index in [1.165, 1.54) is 0 Å². The van der Waals surface area contributed by atoms with E-state index in [0.29, 0.717) is 46.0 Å². The molecule has 0 N–H and O–H groups in total. The van der Waals surface area contributed by atoms with Crippen molar-refractivity contribution in [2.75, 3.05) is 19.1 Å². The zero-order valence-electron chi connectivity index (χ0n) is 29.8. The van der Waals surface area contributed by atoms with Gasteiger partial charge in [-0.05, 0) is 94.6 Å². The van der Waals surface area contributed by atoms with Crippen molar-refractivity contribution in [3.05, 3.63) is 159 Å². The number of benzene rings is 4. The molecular formula is C42H35BrN8O3. The second kappa shape index (κ2) is 17.6. The van der Waals surface area contributed by atoms with Crippen molar-refractivity contribution < 1.29 is 14.2 Å². The van der Waals surface area contributed by atoms with Gasteiger partial charge in [0.1, 0.15) is 18.1 Å². The van der Waals surface area contributed by atoms with Crippen LogP contribution < -0.4 is 19.1 Å². The summed E-state index contributed by atoms with van der Waals surface area (Å²) in [6.45, 7) is 3.14. The number of hydrogen-bond donors (Lipinski definition) is 0. The molecule has 11 nitrogen and oxygen atoms in total. The average molecular weight is 780 g/mol. The molecule has 54 heavy (non-hydrogen) atoms. The minimum Gasteiger partial charge on any atom is -0.497 e. The first-order chi connectivity index (χ1) is 26.4. The highest BCUT2D eigenvalue weighted by Crippen LogP contribution is 2.34. The SMILES string of the molecule is COc1ccc(CN(Cc2ccc(OC)cc2)c2nc(-c3cccc(C#N)c3)c(Br)c3nc(OCc4cccc(C)n4)nn23)cc1.N#Cc1ccccc1. The van der Waals surface area contributed by atoms with Gasteiger partial charge in [0.15, 0.2) is 5.65 Å². The molecular weight excluding hydrogens is 744 g/mol. The maximum absolute atomic E-state index is 9.61. The largest absolute Gasteiger partial charge is 0.497 e. The molecule has 0 fully saturated rings. The van der Waals surface area contributed by atoms with Crippen LogP contribution >= 0.6 is 15.9 Å². The number of rotatable bonds is 11. The summed E-state index contributed by atoms with van der Waals surface area (Å²) >= 11 is 3.75. The van der Waals surface area contributed by atoms with Gasteiger partial charge in [-0.15, -0.1) is 5.10 Å². The summed E-state index contributed by atoms with van der Waals surface area (Å²) in [5.74, 6) is 2.09. The number of aromatic nitrogens is 5. The fourth-order valence-corrected chi connectivity index (χ4v) is 6.08. The lowest BCUT2D eigenvalue weighted by molar-refractivity contribution is 0.277. The topological polar surface area (TPSA) is 134 Å². The minimum atomic E-state index is 0.184. The predicted octanol–water partition coefficient (Wildman–Crippen LogP) is 8.49. The summed E-state index contributed by atoms with van der Waals surface area (Å²) in [6.07, 6.45) is 0. The van der Waals surface area contributed by atoms with E-state index >= 15 is 0 Å². The molecule has 3 heterocycles. The number of nitriles is 2. The number of ether oxygens (including phenoxy) is 3. The summed E-state index contributed by atoms with van der Waals surface area (Å²) < 4.78 is 19.1. The van der Waals surface area contributed by atoms with Crippen molar-refractivity contribution in [2.45, 2.75) is 26.6 Å². The number of fused-ring (bicyclic) bond motifs is 1. The van der Waals surface area contributed by atoms with Gasteiger partial charge in [0.05, 0.1) is 53.3 Å². The van der Waals surface area contributed by atoms with Crippen LogP contribution in [0.15, 0.2) is 126 Å². The fraction of sp³-hybridized carbons (Fsp3) is 0.143. The molecule has 0 spiro atoms. The lowest BCUT2D eigenvalue weighted by Crippen LogP contribution is -2.26. The van der Waals surface area contributed by atoms with Crippen molar-refractivity contribution >= 4 is 27.5 Å². The van der Waals surface area contributed by atoms with E-state index in [4.69, 9.17) is 34.5 Å². The van der Waals surface area contributed by atoms with E-state index in [2.05, 4.69) is 31.9 Å². The Hall–Kier alpha value is -6.76. The standard InChI is InChI=1S/C35H30BrN7O3.C7H5N/c1-23-6-4-9-28(38-23)22-46-34-40-33-31(36)32(27-8-5-7-26(18-27)19-37)39-35(43(33)41-34)42(20-24-10-14-29(44-2)15-11-24)21-25-12-16-30(45-3)17-13-25;8-6-7-4-2-1-3-5-7/h4-18H,20-22H2,1-3H3;1-5H. The van der Waals surface area contributed by atoms with Gasteiger partial charge in [-0.2, -0.15) is 20.0 Å². The first-order valence-electron chi connectivity index (χ1n) is 16.9. The third kappa shape index (κ3) is 9.17. The third-order valence-corrected chi connectivity index (χ3v) is 8.93. The lowest BCUT2D eigenvalue weighted by Gasteiger charge is -2.25.